The highest BCUT2D eigenvalue weighted by Gasteiger charge is 2.62. The van der Waals surface area contributed by atoms with Crippen LogP contribution in [0.2, 0.25) is 0 Å². The molecular formula is C11H14F3NO2. The van der Waals surface area contributed by atoms with E-state index in [0.29, 0.717) is 13.0 Å². The highest BCUT2D eigenvalue weighted by Crippen LogP contribution is 2.45. The highest BCUT2D eigenvalue weighted by molar-refractivity contribution is 5.99. The predicted octanol–water partition coefficient (Wildman–Crippen LogP) is 1.79. The average molecular weight is 249 g/mol. The summed E-state index contributed by atoms with van der Waals surface area (Å²) in [5.41, 5.74) is -2.30. The van der Waals surface area contributed by atoms with Crippen LogP contribution in [0.3, 0.4) is 0 Å². The number of nitrogens with one attached hydrogen (secondary N) is 1. The van der Waals surface area contributed by atoms with E-state index in [-0.39, 0.29) is 25.3 Å². The van der Waals surface area contributed by atoms with Crippen LogP contribution in [0.15, 0.2) is 11.8 Å². The molecule has 0 spiro atoms. The molecule has 2 rings (SSSR count). The van der Waals surface area contributed by atoms with Gasteiger partial charge >= 0.3 is 6.18 Å². The van der Waals surface area contributed by atoms with Crippen molar-refractivity contribution in [3.05, 3.63) is 11.8 Å². The molecule has 2 aliphatic rings. The average Bonchev–Trinajstić information content (AvgIpc) is 2.79. The van der Waals surface area contributed by atoms with Crippen LogP contribution in [0.25, 0.3) is 0 Å². The van der Waals surface area contributed by atoms with Crippen molar-refractivity contribution >= 4 is 5.78 Å². The molecule has 1 N–H and O–H groups in total. The number of ketones is 1. The molecule has 0 bridgehead atoms. The summed E-state index contributed by atoms with van der Waals surface area (Å²) < 4.78 is 44.3. The zero-order valence-corrected chi connectivity index (χ0v) is 9.27. The molecule has 0 radical (unpaired) electrons. The van der Waals surface area contributed by atoms with E-state index >= 15 is 0 Å². The van der Waals surface area contributed by atoms with E-state index in [1.165, 1.54) is 6.08 Å². The molecule has 6 heteroatoms. The number of hydrogen-bond donors (Lipinski definition) is 1. The molecule has 1 unspecified atom stereocenters. The summed E-state index contributed by atoms with van der Waals surface area (Å²) in [6, 6.07) is 0. The molecule has 2 heterocycles. The first-order chi connectivity index (χ1) is 7.97. The number of hydrogen-bond acceptors (Lipinski definition) is 3. The number of Topliss-reactive ketones (excluding diaryl/α,β-unsaturated/α-hetero) is 1. The Kier molecular flexibility index (Phi) is 3.16. The normalized spacial score (nSPS) is 29.7. The molecule has 0 saturated carbocycles. The second-order valence-corrected chi connectivity index (χ2v) is 4.39. The summed E-state index contributed by atoms with van der Waals surface area (Å²) in [5.74, 6) is -1.04. The van der Waals surface area contributed by atoms with Gasteiger partial charge in [0.15, 0.2) is 5.76 Å². The number of halogens is 3. The number of alkyl halides is 3. The van der Waals surface area contributed by atoms with Gasteiger partial charge in [-0.05, 0) is 31.9 Å². The van der Waals surface area contributed by atoms with Crippen LogP contribution in [0, 0.1) is 5.41 Å². The van der Waals surface area contributed by atoms with Gasteiger partial charge in [-0.15, -0.1) is 0 Å². The van der Waals surface area contributed by atoms with E-state index in [4.69, 9.17) is 4.74 Å². The van der Waals surface area contributed by atoms with Crippen molar-refractivity contribution in [2.24, 2.45) is 5.41 Å². The molecule has 1 fully saturated rings. The van der Waals surface area contributed by atoms with Crippen LogP contribution in [-0.4, -0.2) is 31.7 Å². The Morgan fingerprint density at radius 2 is 2.24 bits per heavy atom. The zero-order chi connectivity index (χ0) is 12.5. The summed E-state index contributed by atoms with van der Waals surface area (Å²) in [5, 5.41) is 2.62. The van der Waals surface area contributed by atoms with Crippen LogP contribution >= 0.6 is 0 Å². The van der Waals surface area contributed by atoms with Gasteiger partial charge in [-0.3, -0.25) is 4.79 Å². The van der Waals surface area contributed by atoms with Crippen molar-refractivity contribution in [3.63, 3.8) is 0 Å². The maximum absolute atomic E-state index is 13.1. The van der Waals surface area contributed by atoms with Crippen molar-refractivity contribution in [3.8, 4) is 0 Å². The summed E-state index contributed by atoms with van der Waals surface area (Å²) in [7, 11) is 0. The van der Waals surface area contributed by atoms with Gasteiger partial charge in [-0.1, -0.05) is 0 Å². The Labute approximate surface area is 97.0 Å². The van der Waals surface area contributed by atoms with E-state index < -0.39 is 17.4 Å². The van der Waals surface area contributed by atoms with Crippen molar-refractivity contribution < 1.29 is 22.7 Å². The van der Waals surface area contributed by atoms with Crippen LogP contribution in [0.1, 0.15) is 19.3 Å². The van der Waals surface area contributed by atoms with E-state index in [1.807, 2.05) is 0 Å². The van der Waals surface area contributed by atoms with Crippen LogP contribution in [0.5, 0.6) is 0 Å². The third kappa shape index (κ3) is 2.06. The fraction of sp³-hybridized carbons (Fsp3) is 0.727. The summed E-state index contributed by atoms with van der Waals surface area (Å²) in [4.78, 5) is 12.0. The first kappa shape index (κ1) is 12.4. The molecule has 0 amide bonds. The largest absolute Gasteiger partial charge is 0.490 e. The maximum Gasteiger partial charge on any atom is 0.403 e. The van der Waals surface area contributed by atoms with E-state index in [9.17, 15) is 18.0 Å². The van der Waals surface area contributed by atoms with Crippen molar-refractivity contribution in [1.29, 1.82) is 0 Å². The number of allylic oxidation sites excluding steroid dienone is 2. The molecule has 0 aliphatic carbocycles. The Morgan fingerprint density at radius 1 is 1.47 bits per heavy atom. The van der Waals surface area contributed by atoms with Gasteiger partial charge in [0.2, 0.25) is 5.78 Å². The molecule has 0 aromatic heterocycles. The summed E-state index contributed by atoms with van der Waals surface area (Å²) in [6.45, 7) is 0.174. The summed E-state index contributed by atoms with van der Waals surface area (Å²) >= 11 is 0. The number of carbonyl (C=O) groups is 1. The molecule has 0 aromatic rings. The first-order valence-corrected chi connectivity index (χ1v) is 5.63. The molecular weight excluding hydrogens is 235 g/mol. The second kappa shape index (κ2) is 4.33. The lowest BCUT2D eigenvalue weighted by atomic mass is 9.80. The summed E-state index contributed by atoms with van der Waals surface area (Å²) in [6.07, 6.45) is -1.93. The lowest BCUT2D eigenvalue weighted by molar-refractivity contribution is -0.214. The van der Waals surface area contributed by atoms with Gasteiger partial charge in [0.1, 0.15) is 5.41 Å². The number of carbonyl (C=O) groups excluding carboxylic acids is 1. The lowest BCUT2D eigenvalue weighted by Crippen LogP contribution is -2.47. The van der Waals surface area contributed by atoms with Gasteiger partial charge in [-0.25, -0.2) is 0 Å². The zero-order valence-electron chi connectivity index (χ0n) is 9.27. The molecule has 2 aliphatic heterocycles. The second-order valence-electron chi connectivity index (χ2n) is 4.39. The Hall–Kier alpha value is -1.04. The third-order valence-electron chi connectivity index (χ3n) is 3.29. The minimum absolute atomic E-state index is 0.114. The Balaban J connectivity index is 2.28. The van der Waals surface area contributed by atoms with Crippen LogP contribution in [-0.2, 0) is 9.53 Å². The highest BCUT2D eigenvalue weighted by atomic mass is 19.4. The molecule has 1 atom stereocenters. The molecule has 17 heavy (non-hydrogen) atoms. The maximum atomic E-state index is 13.1. The van der Waals surface area contributed by atoms with E-state index in [0.717, 1.165) is 6.42 Å². The van der Waals surface area contributed by atoms with Gasteiger partial charge in [0.25, 0.3) is 0 Å². The molecule has 1 saturated heterocycles. The molecule has 3 nitrogen and oxygen atoms in total. The number of rotatable bonds is 2. The Bertz CT molecular complexity index is 343. The van der Waals surface area contributed by atoms with Crippen LogP contribution in [0.4, 0.5) is 13.2 Å². The van der Waals surface area contributed by atoms with Gasteiger partial charge in [-0.2, -0.15) is 13.2 Å². The number of ether oxygens (including phenoxy) is 1. The van der Waals surface area contributed by atoms with Gasteiger partial charge < -0.3 is 10.1 Å². The third-order valence-corrected chi connectivity index (χ3v) is 3.29. The topological polar surface area (TPSA) is 38.3 Å². The predicted molar refractivity (Wildman–Crippen MR) is 54.3 cm³/mol. The fourth-order valence-corrected chi connectivity index (χ4v) is 2.21. The SMILES string of the molecule is O=C(C1=CCCCO1)C1(C(F)(F)F)CCNC1. The lowest BCUT2D eigenvalue weighted by Gasteiger charge is -2.30. The fourth-order valence-electron chi connectivity index (χ4n) is 2.21. The monoisotopic (exact) mass is 249 g/mol. The van der Waals surface area contributed by atoms with Crippen molar-refractivity contribution in [1.82, 2.24) is 5.32 Å². The minimum Gasteiger partial charge on any atom is -0.490 e. The molecule has 96 valence electrons. The standard InChI is InChI=1S/C11H14F3NO2/c12-11(13,14)10(4-5-15-7-10)9(16)8-3-1-2-6-17-8/h3,15H,1-2,4-7H2. The molecule has 0 aromatic carbocycles. The minimum atomic E-state index is -4.53. The van der Waals surface area contributed by atoms with Crippen molar-refractivity contribution in [2.45, 2.75) is 25.4 Å². The quantitative estimate of drug-likeness (QED) is 0.810. The van der Waals surface area contributed by atoms with E-state index in [2.05, 4.69) is 5.32 Å². The smallest absolute Gasteiger partial charge is 0.403 e. The van der Waals surface area contributed by atoms with Crippen LogP contribution < -0.4 is 5.32 Å². The van der Waals surface area contributed by atoms with Gasteiger partial charge in [0.05, 0.1) is 6.61 Å². The van der Waals surface area contributed by atoms with Gasteiger partial charge in [0, 0.05) is 6.54 Å². The Morgan fingerprint density at radius 3 is 2.71 bits per heavy atom. The first-order valence-electron chi connectivity index (χ1n) is 5.63. The van der Waals surface area contributed by atoms with Crippen molar-refractivity contribution in [2.75, 3.05) is 19.7 Å². The van der Waals surface area contributed by atoms with E-state index in [1.54, 1.807) is 0 Å².